The topological polar surface area (TPSA) is 49.7 Å². The molecular formula is C8H13NO2. The highest BCUT2D eigenvalue weighted by atomic mass is 16.3. The number of hydrogen-bond acceptors (Lipinski definition) is 3. The minimum atomic E-state index is -0.165. The van der Waals surface area contributed by atoms with E-state index in [1.807, 2.05) is 6.92 Å². The van der Waals surface area contributed by atoms with Gasteiger partial charge in [0.1, 0.15) is 5.76 Å². The van der Waals surface area contributed by atoms with Gasteiger partial charge in [-0.25, -0.2) is 0 Å². The van der Waals surface area contributed by atoms with Gasteiger partial charge in [-0.1, -0.05) is 0 Å². The monoisotopic (exact) mass is 155 g/mol. The van der Waals surface area contributed by atoms with Crippen molar-refractivity contribution in [2.24, 2.45) is 4.99 Å². The van der Waals surface area contributed by atoms with Crippen LogP contribution in [-0.2, 0) is 4.79 Å². The molecule has 0 unspecified atom stereocenters. The predicted octanol–water partition coefficient (Wildman–Crippen LogP) is 1.50. The van der Waals surface area contributed by atoms with Crippen LogP contribution >= 0.6 is 0 Å². The summed E-state index contributed by atoms with van der Waals surface area (Å²) in [6.45, 7) is 5.35. The lowest BCUT2D eigenvalue weighted by molar-refractivity contribution is -0.113. The fourth-order valence-corrected chi connectivity index (χ4v) is 0.622. The maximum atomic E-state index is 10.8. The summed E-state index contributed by atoms with van der Waals surface area (Å²) in [5.74, 6) is -0.142. The van der Waals surface area contributed by atoms with E-state index in [0.717, 1.165) is 0 Å². The van der Waals surface area contributed by atoms with E-state index < -0.39 is 0 Å². The Bertz CT molecular complexity index is 200. The van der Waals surface area contributed by atoms with Crippen LogP contribution in [0.15, 0.2) is 16.3 Å². The molecule has 0 spiro atoms. The van der Waals surface area contributed by atoms with Gasteiger partial charge in [0.15, 0.2) is 5.78 Å². The Balaban J connectivity index is 4.51. The summed E-state index contributed by atoms with van der Waals surface area (Å²) in [5.41, 5.74) is 0.284. The van der Waals surface area contributed by atoms with Gasteiger partial charge < -0.3 is 5.11 Å². The summed E-state index contributed by atoms with van der Waals surface area (Å²) in [7, 11) is 0. The highest BCUT2D eigenvalue weighted by Gasteiger charge is 2.03. The van der Waals surface area contributed by atoms with Gasteiger partial charge in [0.2, 0.25) is 0 Å². The molecule has 11 heavy (non-hydrogen) atoms. The van der Waals surface area contributed by atoms with Crippen LogP contribution in [0.5, 0.6) is 0 Å². The first-order valence-electron chi connectivity index (χ1n) is 3.50. The molecule has 0 aromatic carbocycles. The molecule has 0 rings (SSSR count). The Morgan fingerprint density at radius 2 is 2.09 bits per heavy atom. The predicted molar refractivity (Wildman–Crippen MR) is 45.0 cm³/mol. The zero-order valence-corrected chi connectivity index (χ0v) is 7.09. The van der Waals surface area contributed by atoms with Gasteiger partial charge >= 0.3 is 0 Å². The van der Waals surface area contributed by atoms with Crippen LogP contribution in [-0.4, -0.2) is 23.6 Å². The molecular weight excluding hydrogens is 142 g/mol. The molecule has 0 amide bonds. The molecule has 0 saturated carbocycles. The van der Waals surface area contributed by atoms with E-state index in [9.17, 15) is 4.79 Å². The zero-order valence-electron chi connectivity index (χ0n) is 7.09. The minimum absolute atomic E-state index is 0.0229. The second kappa shape index (κ2) is 4.66. The molecule has 0 aromatic heterocycles. The number of aliphatic hydroxyl groups excluding tert-OH is 1. The summed E-state index contributed by atoms with van der Waals surface area (Å²) >= 11 is 0. The Labute approximate surface area is 66.5 Å². The number of hydrogen-bond donors (Lipinski definition) is 1. The van der Waals surface area contributed by atoms with Crippen molar-refractivity contribution in [3.63, 3.8) is 0 Å². The van der Waals surface area contributed by atoms with E-state index in [0.29, 0.717) is 6.54 Å². The zero-order chi connectivity index (χ0) is 8.85. The first-order valence-corrected chi connectivity index (χ1v) is 3.50. The molecule has 0 aliphatic carbocycles. The fraction of sp³-hybridized carbons (Fsp3) is 0.500. The van der Waals surface area contributed by atoms with Gasteiger partial charge in [-0.15, -0.1) is 0 Å². The third-order valence-corrected chi connectivity index (χ3v) is 1.17. The number of aliphatic imine (C=N–C) groups is 1. The van der Waals surface area contributed by atoms with Crippen molar-refractivity contribution in [3.05, 3.63) is 11.3 Å². The second-order valence-electron chi connectivity index (χ2n) is 2.18. The summed E-state index contributed by atoms with van der Waals surface area (Å²) in [4.78, 5) is 14.6. The Morgan fingerprint density at radius 1 is 1.55 bits per heavy atom. The summed E-state index contributed by atoms with van der Waals surface area (Å²) in [6, 6.07) is 0. The van der Waals surface area contributed by atoms with Crippen LogP contribution < -0.4 is 0 Å². The van der Waals surface area contributed by atoms with Crippen LogP contribution in [0.4, 0.5) is 0 Å². The number of aliphatic hydroxyl groups is 1. The maximum Gasteiger partial charge on any atom is 0.164 e. The second-order valence-corrected chi connectivity index (χ2v) is 2.18. The number of rotatable bonds is 3. The van der Waals surface area contributed by atoms with E-state index >= 15 is 0 Å². The van der Waals surface area contributed by atoms with Gasteiger partial charge in [0.25, 0.3) is 0 Å². The number of nitrogens with zero attached hydrogens (tertiary/aromatic N) is 1. The van der Waals surface area contributed by atoms with Crippen molar-refractivity contribution in [1.29, 1.82) is 0 Å². The van der Waals surface area contributed by atoms with E-state index in [4.69, 9.17) is 5.11 Å². The average Bonchev–Trinajstić information content (AvgIpc) is 1.87. The first-order chi connectivity index (χ1) is 5.09. The maximum absolute atomic E-state index is 10.8. The highest BCUT2D eigenvalue weighted by molar-refractivity contribution is 6.12. The molecule has 3 heteroatoms. The SMILES string of the molecule is CCN=C/C(C(C)=O)=C(\C)O. The third kappa shape index (κ3) is 3.55. The molecule has 3 nitrogen and oxygen atoms in total. The van der Waals surface area contributed by atoms with Crippen molar-refractivity contribution < 1.29 is 9.90 Å². The molecule has 0 radical (unpaired) electrons. The van der Waals surface area contributed by atoms with Crippen LogP contribution in [0.25, 0.3) is 0 Å². The van der Waals surface area contributed by atoms with E-state index in [1.165, 1.54) is 20.1 Å². The van der Waals surface area contributed by atoms with Crippen LogP contribution in [0, 0.1) is 0 Å². The van der Waals surface area contributed by atoms with Crippen molar-refractivity contribution >= 4 is 12.0 Å². The van der Waals surface area contributed by atoms with E-state index in [1.54, 1.807) is 0 Å². The molecule has 0 fully saturated rings. The van der Waals surface area contributed by atoms with E-state index in [-0.39, 0.29) is 17.1 Å². The van der Waals surface area contributed by atoms with Crippen molar-refractivity contribution in [1.82, 2.24) is 0 Å². The van der Waals surface area contributed by atoms with Crippen LogP contribution in [0.2, 0.25) is 0 Å². The summed E-state index contributed by atoms with van der Waals surface area (Å²) in [5, 5.41) is 8.98. The molecule has 0 aromatic rings. The lowest BCUT2D eigenvalue weighted by Crippen LogP contribution is -2.01. The largest absolute Gasteiger partial charge is 0.512 e. The molecule has 0 atom stereocenters. The number of allylic oxidation sites excluding steroid dienone is 2. The molecule has 62 valence electrons. The Kier molecular flexibility index (Phi) is 4.18. The average molecular weight is 155 g/mol. The van der Waals surface area contributed by atoms with Crippen LogP contribution in [0.1, 0.15) is 20.8 Å². The summed E-state index contributed by atoms with van der Waals surface area (Å²) < 4.78 is 0. The molecule has 0 aliphatic heterocycles. The first kappa shape index (κ1) is 9.88. The quantitative estimate of drug-likeness (QED) is 0.381. The van der Waals surface area contributed by atoms with Gasteiger partial charge in [-0.05, 0) is 20.8 Å². The van der Waals surface area contributed by atoms with Crippen molar-refractivity contribution in [3.8, 4) is 0 Å². The lowest BCUT2D eigenvalue weighted by atomic mass is 10.2. The molecule has 0 aliphatic rings. The number of ketones is 1. The molecule has 0 saturated heterocycles. The Morgan fingerprint density at radius 3 is 2.36 bits per heavy atom. The van der Waals surface area contributed by atoms with E-state index in [2.05, 4.69) is 4.99 Å². The molecule has 0 heterocycles. The van der Waals surface area contributed by atoms with Gasteiger partial charge in [0, 0.05) is 12.8 Å². The van der Waals surface area contributed by atoms with Crippen molar-refractivity contribution in [2.75, 3.05) is 6.54 Å². The van der Waals surface area contributed by atoms with Gasteiger partial charge in [-0.2, -0.15) is 0 Å². The fourth-order valence-electron chi connectivity index (χ4n) is 0.622. The summed E-state index contributed by atoms with van der Waals surface area (Å²) in [6.07, 6.45) is 1.40. The number of Topliss-reactive ketones (excluding diaryl/α,β-unsaturated/α-hetero) is 1. The number of carbonyl (C=O) groups excluding carboxylic acids is 1. The highest BCUT2D eigenvalue weighted by Crippen LogP contribution is 1.98. The van der Waals surface area contributed by atoms with Gasteiger partial charge in [-0.3, -0.25) is 9.79 Å². The molecule has 1 N–H and O–H groups in total. The van der Waals surface area contributed by atoms with Gasteiger partial charge in [0.05, 0.1) is 5.57 Å². The number of carbonyl (C=O) groups is 1. The Hall–Kier alpha value is -1.12. The minimum Gasteiger partial charge on any atom is -0.512 e. The third-order valence-electron chi connectivity index (χ3n) is 1.17. The lowest BCUT2D eigenvalue weighted by Gasteiger charge is -1.95. The smallest absolute Gasteiger partial charge is 0.164 e. The molecule has 0 bridgehead atoms. The van der Waals surface area contributed by atoms with Crippen molar-refractivity contribution in [2.45, 2.75) is 20.8 Å². The van der Waals surface area contributed by atoms with Crippen LogP contribution in [0.3, 0.4) is 0 Å². The standard InChI is InChI=1S/C8H13NO2/c1-4-9-5-8(6(2)10)7(3)11/h5,10H,4H2,1-3H3/b8-6-,9-5?. The normalized spacial score (nSPS) is 13.4.